The number of carbonyl (C=O) groups is 2. The fourth-order valence-electron chi connectivity index (χ4n) is 3.72. The van der Waals surface area contributed by atoms with Crippen LogP contribution < -0.4 is 5.32 Å². The van der Waals surface area contributed by atoms with Crippen molar-refractivity contribution in [1.82, 2.24) is 14.5 Å². The highest BCUT2D eigenvalue weighted by Crippen LogP contribution is 2.30. The van der Waals surface area contributed by atoms with Crippen LogP contribution in [0.2, 0.25) is 5.02 Å². The molecule has 2 aromatic carbocycles. The maximum absolute atomic E-state index is 14.6. The molecule has 1 aliphatic heterocycles. The molecule has 6 nitrogen and oxygen atoms in total. The summed E-state index contributed by atoms with van der Waals surface area (Å²) in [4.78, 5) is 31.7. The van der Waals surface area contributed by atoms with Crippen molar-refractivity contribution in [2.45, 2.75) is 26.4 Å². The van der Waals surface area contributed by atoms with Gasteiger partial charge in [0.1, 0.15) is 11.6 Å². The lowest BCUT2D eigenvalue weighted by Crippen LogP contribution is -2.31. The number of halogens is 2. The van der Waals surface area contributed by atoms with E-state index in [9.17, 15) is 14.0 Å². The Bertz CT molecular complexity index is 1170. The van der Waals surface area contributed by atoms with Crippen molar-refractivity contribution in [3.05, 3.63) is 70.3 Å². The Balaban J connectivity index is 1.72. The van der Waals surface area contributed by atoms with Crippen molar-refractivity contribution in [1.29, 1.82) is 0 Å². The number of aromatic nitrogens is 2. The van der Waals surface area contributed by atoms with E-state index in [1.165, 1.54) is 6.07 Å². The van der Waals surface area contributed by atoms with Crippen LogP contribution >= 0.6 is 11.6 Å². The third-order valence-corrected chi connectivity index (χ3v) is 5.58. The number of benzene rings is 2. The number of carbonyl (C=O) groups excluding carboxylic acids is 2. The summed E-state index contributed by atoms with van der Waals surface area (Å²) in [7, 11) is 1.96. The first-order valence-corrected chi connectivity index (χ1v) is 10.4. The number of ketones is 1. The minimum Gasteiger partial charge on any atom is -0.325 e. The fourth-order valence-corrected chi connectivity index (χ4v) is 3.87. The van der Waals surface area contributed by atoms with Gasteiger partial charge in [-0.05, 0) is 37.4 Å². The Morgan fingerprint density at radius 1 is 1.19 bits per heavy atom. The predicted octanol–water partition coefficient (Wildman–Crippen LogP) is 4.63. The second-order valence-electron chi connectivity index (χ2n) is 7.56. The third-order valence-electron chi connectivity index (χ3n) is 5.35. The number of hydrogen-bond acceptors (Lipinski definition) is 4. The number of rotatable bonds is 5. The number of amides is 1. The molecular formula is C23H22ClFN4O2. The third kappa shape index (κ3) is 4.24. The van der Waals surface area contributed by atoms with Crippen LogP contribution in [-0.2, 0) is 13.1 Å². The van der Waals surface area contributed by atoms with Crippen LogP contribution in [0.1, 0.15) is 39.9 Å². The molecule has 31 heavy (non-hydrogen) atoms. The van der Waals surface area contributed by atoms with E-state index in [2.05, 4.69) is 15.2 Å². The predicted molar refractivity (Wildman–Crippen MR) is 118 cm³/mol. The van der Waals surface area contributed by atoms with Gasteiger partial charge in [-0.2, -0.15) is 0 Å². The zero-order chi connectivity index (χ0) is 22.1. The van der Waals surface area contributed by atoms with Gasteiger partial charge in [0.25, 0.3) is 5.91 Å². The first-order valence-electron chi connectivity index (χ1n) is 10.1. The average molecular weight is 441 g/mol. The van der Waals surface area contributed by atoms with Crippen molar-refractivity contribution in [2.24, 2.45) is 0 Å². The molecule has 3 aromatic rings. The van der Waals surface area contributed by atoms with Gasteiger partial charge >= 0.3 is 0 Å². The molecule has 0 saturated heterocycles. The summed E-state index contributed by atoms with van der Waals surface area (Å²) in [6.07, 6.45) is 0.383. The molecule has 0 bridgehead atoms. The monoisotopic (exact) mass is 440 g/mol. The van der Waals surface area contributed by atoms with Crippen LogP contribution in [-0.4, -0.2) is 39.7 Å². The van der Waals surface area contributed by atoms with Crippen molar-refractivity contribution >= 4 is 29.0 Å². The SMILES string of the molecule is CCC(=O)c1cccc(NC(=O)c2nc(-c3ccc(Cl)cc3F)n3c2CN(C)CC3)c1. The number of nitrogens with one attached hydrogen (secondary N) is 1. The molecule has 0 unspecified atom stereocenters. The van der Waals surface area contributed by atoms with E-state index in [1.54, 1.807) is 43.3 Å². The average Bonchev–Trinajstić information content (AvgIpc) is 3.12. The normalized spacial score (nSPS) is 13.7. The summed E-state index contributed by atoms with van der Waals surface area (Å²) < 4.78 is 16.5. The molecule has 0 atom stereocenters. The summed E-state index contributed by atoms with van der Waals surface area (Å²) >= 11 is 5.90. The van der Waals surface area contributed by atoms with Crippen LogP contribution in [0.3, 0.4) is 0 Å². The van der Waals surface area contributed by atoms with Crippen molar-refractivity contribution in [3.8, 4) is 11.4 Å². The Labute approximate surface area is 184 Å². The number of Topliss-reactive ketones (excluding diaryl/α,β-unsaturated/α-hetero) is 1. The molecule has 8 heteroatoms. The smallest absolute Gasteiger partial charge is 0.276 e. The summed E-state index contributed by atoms with van der Waals surface area (Å²) in [6, 6.07) is 11.2. The lowest BCUT2D eigenvalue weighted by molar-refractivity contribution is 0.0985. The van der Waals surface area contributed by atoms with Crippen LogP contribution in [0, 0.1) is 5.82 Å². The topological polar surface area (TPSA) is 67.2 Å². The van der Waals surface area contributed by atoms with E-state index in [4.69, 9.17) is 11.6 Å². The van der Waals surface area contributed by atoms with Crippen LogP contribution in [0.5, 0.6) is 0 Å². The minimum absolute atomic E-state index is 0.00223. The number of imidazole rings is 1. The fraction of sp³-hybridized carbons (Fsp3) is 0.261. The van der Waals surface area contributed by atoms with Gasteiger partial charge in [-0.15, -0.1) is 0 Å². The van der Waals surface area contributed by atoms with E-state index in [0.717, 1.165) is 12.2 Å². The molecule has 1 aliphatic rings. The van der Waals surface area contributed by atoms with Gasteiger partial charge < -0.3 is 9.88 Å². The van der Waals surface area contributed by atoms with E-state index in [-0.39, 0.29) is 11.5 Å². The van der Waals surface area contributed by atoms with Gasteiger partial charge in [0, 0.05) is 42.3 Å². The van der Waals surface area contributed by atoms with Gasteiger partial charge in [-0.25, -0.2) is 9.37 Å². The van der Waals surface area contributed by atoms with Gasteiger partial charge in [-0.1, -0.05) is 30.7 Å². The first-order chi connectivity index (χ1) is 14.9. The molecule has 4 rings (SSSR count). The molecule has 0 saturated carbocycles. The molecule has 1 aromatic heterocycles. The van der Waals surface area contributed by atoms with E-state index < -0.39 is 11.7 Å². The highest BCUT2D eigenvalue weighted by Gasteiger charge is 2.28. The van der Waals surface area contributed by atoms with Crippen LogP contribution in [0.4, 0.5) is 10.1 Å². The molecule has 1 N–H and O–H groups in total. The summed E-state index contributed by atoms with van der Waals surface area (Å²) in [5.41, 5.74) is 2.30. The highest BCUT2D eigenvalue weighted by atomic mass is 35.5. The number of hydrogen-bond donors (Lipinski definition) is 1. The van der Waals surface area contributed by atoms with Crippen molar-refractivity contribution < 1.29 is 14.0 Å². The van der Waals surface area contributed by atoms with Crippen molar-refractivity contribution in [3.63, 3.8) is 0 Å². The van der Waals surface area contributed by atoms with Crippen LogP contribution in [0.25, 0.3) is 11.4 Å². The zero-order valence-electron chi connectivity index (χ0n) is 17.3. The van der Waals surface area contributed by atoms with Gasteiger partial charge in [-0.3, -0.25) is 14.5 Å². The maximum Gasteiger partial charge on any atom is 0.276 e. The second-order valence-corrected chi connectivity index (χ2v) is 7.99. The van der Waals surface area contributed by atoms with Crippen LogP contribution in [0.15, 0.2) is 42.5 Å². The lowest BCUT2D eigenvalue weighted by atomic mass is 10.1. The molecule has 0 radical (unpaired) electrons. The molecule has 0 aliphatic carbocycles. The Hall–Kier alpha value is -3.03. The zero-order valence-corrected chi connectivity index (χ0v) is 18.0. The molecule has 160 valence electrons. The van der Waals surface area contributed by atoms with E-state index in [0.29, 0.717) is 47.2 Å². The number of likely N-dealkylation sites (N-methyl/N-ethyl adjacent to an activating group) is 1. The number of nitrogens with zero attached hydrogens (tertiary/aromatic N) is 3. The highest BCUT2D eigenvalue weighted by molar-refractivity contribution is 6.30. The van der Waals surface area contributed by atoms with Crippen molar-refractivity contribution in [2.75, 3.05) is 18.9 Å². The van der Waals surface area contributed by atoms with Gasteiger partial charge in [0.15, 0.2) is 11.5 Å². The van der Waals surface area contributed by atoms with Gasteiger partial charge in [0.2, 0.25) is 0 Å². The molecule has 2 heterocycles. The Morgan fingerprint density at radius 2 is 2.00 bits per heavy atom. The standard InChI is InChI=1S/C23H22ClFN4O2/c1-3-20(30)14-5-4-6-16(11-14)26-23(31)21-19-13-28(2)9-10-29(19)22(27-21)17-8-7-15(24)12-18(17)25/h4-8,11-12H,3,9-10,13H2,1-2H3,(H,26,31). The quantitative estimate of drug-likeness (QED) is 0.587. The number of anilines is 1. The molecule has 1 amide bonds. The lowest BCUT2D eigenvalue weighted by Gasteiger charge is -2.25. The largest absolute Gasteiger partial charge is 0.325 e. The summed E-state index contributed by atoms with van der Waals surface area (Å²) in [5.74, 6) is -0.493. The Kier molecular flexibility index (Phi) is 5.89. The first kappa shape index (κ1) is 21.2. The second kappa shape index (κ2) is 8.61. The van der Waals surface area contributed by atoms with E-state index >= 15 is 0 Å². The molecular weight excluding hydrogens is 419 g/mol. The Morgan fingerprint density at radius 3 is 2.74 bits per heavy atom. The molecule has 0 spiro atoms. The summed E-state index contributed by atoms with van der Waals surface area (Å²) in [5, 5.41) is 3.13. The van der Waals surface area contributed by atoms with E-state index in [1.807, 2.05) is 11.6 Å². The number of fused-ring (bicyclic) bond motifs is 1. The minimum atomic E-state index is -0.489. The molecule has 0 fully saturated rings. The maximum atomic E-state index is 14.6. The van der Waals surface area contributed by atoms with Gasteiger partial charge in [0.05, 0.1) is 11.3 Å². The summed E-state index contributed by atoms with van der Waals surface area (Å²) in [6.45, 7) is 3.65.